The summed E-state index contributed by atoms with van der Waals surface area (Å²) in [5, 5.41) is 21.1. The van der Waals surface area contributed by atoms with Crippen molar-refractivity contribution < 1.29 is 22.8 Å². The van der Waals surface area contributed by atoms with Gasteiger partial charge in [-0.1, -0.05) is 12.1 Å². The van der Waals surface area contributed by atoms with Gasteiger partial charge in [-0.05, 0) is 13.8 Å². The third-order valence-corrected chi connectivity index (χ3v) is 3.83. The summed E-state index contributed by atoms with van der Waals surface area (Å²) in [6.07, 6.45) is -4.85. The van der Waals surface area contributed by atoms with Gasteiger partial charge in [0.2, 0.25) is 17.2 Å². The smallest absolute Gasteiger partial charge is 0.375 e. The molecule has 2 aromatic heterocycles. The molecule has 0 amide bonds. The lowest BCUT2D eigenvalue weighted by Gasteiger charge is -2.27. The van der Waals surface area contributed by atoms with Crippen molar-refractivity contribution in [2.45, 2.75) is 45.0 Å². The van der Waals surface area contributed by atoms with E-state index >= 15 is 0 Å². The van der Waals surface area contributed by atoms with Crippen molar-refractivity contribution in [2.75, 3.05) is 0 Å². The number of aryl methyl sites for hydroxylation is 1. The molecule has 0 aromatic carbocycles. The van der Waals surface area contributed by atoms with E-state index in [1.54, 1.807) is 18.4 Å². The number of fused-ring (bicyclic) bond motifs is 3. The summed E-state index contributed by atoms with van der Waals surface area (Å²) < 4.78 is 45.9. The third-order valence-electron chi connectivity index (χ3n) is 3.83. The van der Waals surface area contributed by atoms with Gasteiger partial charge in [0.15, 0.2) is 0 Å². The number of hydrogen-bond acceptors (Lipinski definition) is 5. The van der Waals surface area contributed by atoms with Gasteiger partial charge in [-0.25, -0.2) is 0 Å². The van der Waals surface area contributed by atoms with Gasteiger partial charge in [-0.2, -0.15) is 13.2 Å². The Morgan fingerprint density at radius 1 is 1.33 bits per heavy atom. The molecule has 1 aliphatic heterocycles. The summed E-state index contributed by atoms with van der Waals surface area (Å²) in [5.74, 6) is 0.798. The van der Waals surface area contributed by atoms with E-state index in [4.69, 9.17) is 4.52 Å². The van der Waals surface area contributed by atoms with Crippen LogP contribution in [0.15, 0.2) is 4.52 Å². The van der Waals surface area contributed by atoms with Gasteiger partial charge in [-0.15, -0.1) is 10.2 Å². The molecular weight excluding hydrogens is 289 g/mol. The number of rotatable bonds is 1. The zero-order valence-corrected chi connectivity index (χ0v) is 11.6. The number of hydrogen-bond donors (Lipinski definition) is 1. The summed E-state index contributed by atoms with van der Waals surface area (Å²) >= 11 is 0. The molecule has 3 rings (SSSR count). The Bertz CT molecular complexity index is 702. The zero-order valence-electron chi connectivity index (χ0n) is 11.6. The van der Waals surface area contributed by atoms with Crippen LogP contribution in [0.2, 0.25) is 0 Å². The van der Waals surface area contributed by atoms with Crippen LogP contribution < -0.4 is 0 Å². The molecule has 0 saturated carbocycles. The topological polar surface area (TPSA) is 77.0 Å². The minimum absolute atomic E-state index is 0.133. The molecule has 9 heteroatoms. The maximum atomic E-state index is 13.0. The van der Waals surface area contributed by atoms with Crippen molar-refractivity contribution in [1.29, 1.82) is 0 Å². The van der Waals surface area contributed by atoms with Crippen LogP contribution in [0.25, 0.3) is 11.6 Å². The molecule has 114 valence electrons. The fourth-order valence-electron chi connectivity index (χ4n) is 2.53. The minimum atomic E-state index is -4.85. The number of aromatic nitrogens is 4. The molecule has 2 atom stereocenters. The predicted octanol–water partition coefficient (Wildman–Crippen LogP) is 2.13. The Kier molecular flexibility index (Phi) is 2.72. The Balaban J connectivity index is 2.21. The molecule has 6 nitrogen and oxygen atoms in total. The molecule has 21 heavy (non-hydrogen) atoms. The lowest BCUT2D eigenvalue weighted by molar-refractivity contribution is -0.261. The molecule has 0 radical (unpaired) electrons. The van der Waals surface area contributed by atoms with E-state index in [0.717, 1.165) is 0 Å². The Hall–Kier alpha value is -1.90. The van der Waals surface area contributed by atoms with Crippen molar-refractivity contribution in [1.82, 2.24) is 19.9 Å². The van der Waals surface area contributed by atoms with E-state index in [0.29, 0.717) is 25.1 Å². The first-order valence-electron chi connectivity index (χ1n) is 6.34. The lowest BCUT2D eigenvalue weighted by Crippen LogP contribution is -2.40. The molecule has 0 aliphatic carbocycles. The normalized spacial score (nSPS) is 20.8. The fourth-order valence-corrected chi connectivity index (χ4v) is 2.53. The summed E-state index contributed by atoms with van der Waals surface area (Å²) in [5.41, 5.74) is -3.35. The van der Waals surface area contributed by atoms with Gasteiger partial charge in [0, 0.05) is 18.0 Å². The van der Waals surface area contributed by atoms with Crippen molar-refractivity contribution >= 4 is 0 Å². The van der Waals surface area contributed by atoms with Crippen LogP contribution in [0.4, 0.5) is 13.2 Å². The lowest BCUT2D eigenvalue weighted by atomic mass is 9.88. The molecule has 1 N–H and O–H groups in total. The largest absolute Gasteiger partial charge is 0.422 e. The minimum Gasteiger partial charge on any atom is -0.375 e. The van der Waals surface area contributed by atoms with Crippen molar-refractivity contribution in [3.8, 4) is 11.6 Å². The van der Waals surface area contributed by atoms with Crippen molar-refractivity contribution in [3.63, 3.8) is 0 Å². The highest BCUT2D eigenvalue weighted by molar-refractivity contribution is 5.58. The van der Waals surface area contributed by atoms with E-state index in [9.17, 15) is 18.3 Å². The van der Waals surface area contributed by atoms with Crippen molar-refractivity contribution in [3.05, 3.63) is 17.1 Å². The molecule has 0 saturated heterocycles. The predicted molar refractivity (Wildman–Crippen MR) is 64.3 cm³/mol. The number of aliphatic hydroxyl groups is 1. The van der Waals surface area contributed by atoms with E-state index in [2.05, 4.69) is 15.4 Å². The SMILES string of the molecule is Cc1nnc2n1C[C@H](C)c1c([C@@](C)(O)C(F)(F)F)noc1-2. The standard InChI is InChI=1S/C12H13F3N4O2/c1-5-4-19-6(2)16-17-10(19)8-7(5)9(18-21-8)11(3,20)12(13,14)15/h5,20H,4H2,1-3H3/t5-,11+/m0/s1. The molecule has 0 spiro atoms. The van der Waals surface area contributed by atoms with Crippen LogP contribution in [0.1, 0.15) is 36.8 Å². The highest BCUT2D eigenvalue weighted by atomic mass is 19.4. The van der Waals surface area contributed by atoms with Crippen LogP contribution in [-0.2, 0) is 12.1 Å². The Morgan fingerprint density at radius 3 is 2.62 bits per heavy atom. The van der Waals surface area contributed by atoms with Gasteiger partial charge in [-0.3, -0.25) is 0 Å². The van der Waals surface area contributed by atoms with Crippen LogP contribution >= 0.6 is 0 Å². The highest BCUT2D eigenvalue weighted by Gasteiger charge is 2.55. The van der Waals surface area contributed by atoms with E-state index in [1.165, 1.54) is 0 Å². The molecule has 2 aromatic rings. The molecule has 0 bridgehead atoms. The molecule has 0 unspecified atom stereocenters. The fraction of sp³-hybridized carbons (Fsp3) is 0.583. The summed E-state index contributed by atoms with van der Waals surface area (Å²) in [4.78, 5) is 0. The third kappa shape index (κ3) is 1.80. The van der Waals surface area contributed by atoms with Gasteiger partial charge in [0.05, 0.1) is 0 Å². The molecular formula is C12H13F3N4O2. The number of halogens is 3. The first-order chi connectivity index (χ1) is 9.64. The second-order valence-corrected chi connectivity index (χ2v) is 5.43. The van der Waals surface area contributed by atoms with Crippen LogP contribution in [-0.4, -0.2) is 31.2 Å². The second-order valence-electron chi connectivity index (χ2n) is 5.43. The molecule has 3 heterocycles. The van der Waals surface area contributed by atoms with Crippen LogP contribution in [0.3, 0.4) is 0 Å². The second kappa shape index (κ2) is 4.06. The van der Waals surface area contributed by atoms with Gasteiger partial charge in [0.25, 0.3) is 0 Å². The Labute approximate surface area is 117 Å². The van der Waals surface area contributed by atoms with Crippen LogP contribution in [0, 0.1) is 6.92 Å². The first kappa shape index (κ1) is 14.1. The van der Waals surface area contributed by atoms with Gasteiger partial charge < -0.3 is 14.2 Å². The van der Waals surface area contributed by atoms with Gasteiger partial charge in [0.1, 0.15) is 11.5 Å². The average Bonchev–Trinajstić information content (AvgIpc) is 2.93. The average molecular weight is 302 g/mol. The molecule has 0 fully saturated rings. The quantitative estimate of drug-likeness (QED) is 0.873. The number of alkyl halides is 3. The van der Waals surface area contributed by atoms with E-state index in [1.807, 2.05) is 0 Å². The van der Waals surface area contributed by atoms with E-state index in [-0.39, 0.29) is 17.2 Å². The van der Waals surface area contributed by atoms with E-state index < -0.39 is 17.5 Å². The maximum Gasteiger partial charge on any atom is 0.422 e. The zero-order chi connectivity index (χ0) is 15.6. The number of nitrogens with zero attached hydrogens (tertiary/aromatic N) is 4. The van der Waals surface area contributed by atoms with Crippen LogP contribution in [0.5, 0.6) is 0 Å². The summed E-state index contributed by atoms with van der Waals surface area (Å²) in [6, 6.07) is 0. The Morgan fingerprint density at radius 2 is 2.00 bits per heavy atom. The summed E-state index contributed by atoms with van der Waals surface area (Å²) in [7, 11) is 0. The van der Waals surface area contributed by atoms with Gasteiger partial charge >= 0.3 is 6.18 Å². The van der Waals surface area contributed by atoms with Crippen molar-refractivity contribution in [2.24, 2.45) is 0 Å². The highest BCUT2D eigenvalue weighted by Crippen LogP contribution is 2.45. The first-order valence-corrected chi connectivity index (χ1v) is 6.34. The summed E-state index contributed by atoms with van der Waals surface area (Å²) in [6.45, 7) is 4.57. The maximum absolute atomic E-state index is 13.0. The monoisotopic (exact) mass is 302 g/mol. The molecule has 1 aliphatic rings.